The molecule has 0 spiro atoms. The van der Waals surface area contributed by atoms with E-state index in [1.807, 2.05) is 6.07 Å². The van der Waals surface area contributed by atoms with Gasteiger partial charge in [0, 0.05) is 17.5 Å². The molecule has 108 valence electrons. The molecule has 1 aromatic rings. The molecule has 0 atom stereocenters. The van der Waals surface area contributed by atoms with Crippen LogP contribution in [0, 0.1) is 0 Å². The number of piperidine rings is 1. The van der Waals surface area contributed by atoms with Crippen LogP contribution >= 0.6 is 27.3 Å². The quantitative estimate of drug-likeness (QED) is 0.886. The van der Waals surface area contributed by atoms with E-state index in [9.17, 15) is 13.2 Å². The number of thiophene rings is 1. The van der Waals surface area contributed by atoms with Crippen LogP contribution < -0.4 is 5.32 Å². The lowest BCUT2D eigenvalue weighted by atomic mass is 10.1. The molecule has 1 aromatic heterocycles. The molecule has 0 aliphatic carbocycles. The molecule has 1 N–H and O–H groups in total. The number of likely N-dealkylation sites (tertiary alicyclic amines) is 1. The molecule has 1 saturated heterocycles. The van der Waals surface area contributed by atoms with Crippen LogP contribution in [0.1, 0.15) is 17.7 Å². The third kappa shape index (κ3) is 5.41. The first-order valence-electron chi connectivity index (χ1n) is 6.19. The summed E-state index contributed by atoms with van der Waals surface area (Å²) in [6, 6.07) is 4.39. The van der Waals surface area contributed by atoms with Gasteiger partial charge in [0.2, 0.25) is 0 Å². The topological polar surface area (TPSA) is 15.3 Å². The van der Waals surface area contributed by atoms with Crippen molar-refractivity contribution < 1.29 is 13.2 Å². The Morgan fingerprint density at radius 3 is 2.53 bits per heavy atom. The van der Waals surface area contributed by atoms with Gasteiger partial charge in [0.15, 0.2) is 0 Å². The number of rotatable bonds is 4. The second-order valence-corrected chi connectivity index (χ2v) is 7.30. The zero-order valence-corrected chi connectivity index (χ0v) is 12.7. The molecule has 1 aliphatic heterocycles. The average molecular weight is 357 g/mol. The molecule has 2 heterocycles. The zero-order valence-electron chi connectivity index (χ0n) is 10.3. The van der Waals surface area contributed by atoms with Crippen molar-refractivity contribution >= 4 is 27.3 Å². The molecule has 0 saturated carbocycles. The summed E-state index contributed by atoms with van der Waals surface area (Å²) in [5.41, 5.74) is 0. The summed E-state index contributed by atoms with van der Waals surface area (Å²) in [4.78, 5) is 2.73. The number of hydrogen-bond donors (Lipinski definition) is 1. The van der Waals surface area contributed by atoms with Crippen LogP contribution in [0.5, 0.6) is 0 Å². The predicted molar refractivity (Wildman–Crippen MR) is 74.4 cm³/mol. The maximum atomic E-state index is 12.2. The molecule has 0 unspecified atom stereocenters. The molecule has 19 heavy (non-hydrogen) atoms. The first-order valence-corrected chi connectivity index (χ1v) is 7.80. The summed E-state index contributed by atoms with van der Waals surface area (Å²) >= 11 is 5.09. The van der Waals surface area contributed by atoms with E-state index in [1.165, 1.54) is 9.78 Å². The molecule has 2 nitrogen and oxygen atoms in total. The predicted octanol–water partition coefficient (Wildman–Crippen LogP) is 3.63. The molecule has 7 heteroatoms. The minimum atomic E-state index is -4.08. The van der Waals surface area contributed by atoms with Gasteiger partial charge < -0.3 is 5.32 Å². The molecule has 1 aliphatic rings. The third-order valence-electron chi connectivity index (χ3n) is 3.18. The fraction of sp³-hybridized carbons (Fsp3) is 0.667. The molecule has 0 radical (unpaired) electrons. The van der Waals surface area contributed by atoms with Gasteiger partial charge in [-0.25, -0.2) is 0 Å². The van der Waals surface area contributed by atoms with Crippen molar-refractivity contribution in [3.63, 3.8) is 0 Å². The van der Waals surface area contributed by atoms with E-state index in [4.69, 9.17) is 0 Å². The van der Waals surface area contributed by atoms with Crippen molar-refractivity contribution in [2.45, 2.75) is 31.6 Å². The van der Waals surface area contributed by atoms with Crippen molar-refractivity contribution in [3.8, 4) is 0 Å². The number of nitrogens with one attached hydrogen (secondary N) is 1. The van der Waals surface area contributed by atoms with Gasteiger partial charge in [0.25, 0.3) is 0 Å². The standard InChI is InChI=1S/C12H16BrF3N2S/c13-11-2-1-10(19-11)7-17-9-3-5-18(6-4-9)8-12(14,15)16/h1-2,9,17H,3-8H2. The van der Waals surface area contributed by atoms with Crippen LogP contribution in [-0.2, 0) is 6.54 Å². The van der Waals surface area contributed by atoms with Crippen molar-refractivity contribution in [2.75, 3.05) is 19.6 Å². The summed E-state index contributed by atoms with van der Waals surface area (Å²) in [6.07, 6.45) is -2.52. The largest absolute Gasteiger partial charge is 0.401 e. The van der Waals surface area contributed by atoms with Crippen LogP contribution in [0.2, 0.25) is 0 Å². The van der Waals surface area contributed by atoms with E-state index in [0.29, 0.717) is 19.1 Å². The lowest BCUT2D eigenvalue weighted by Crippen LogP contribution is -2.45. The minimum Gasteiger partial charge on any atom is -0.309 e. The second kappa shape index (κ2) is 6.56. The fourth-order valence-electron chi connectivity index (χ4n) is 2.24. The highest BCUT2D eigenvalue weighted by Crippen LogP contribution is 2.23. The average Bonchev–Trinajstić information content (AvgIpc) is 2.72. The van der Waals surface area contributed by atoms with Crippen LogP contribution in [-0.4, -0.2) is 36.8 Å². The minimum absolute atomic E-state index is 0.324. The Morgan fingerprint density at radius 1 is 1.32 bits per heavy atom. The van der Waals surface area contributed by atoms with Crippen molar-refractivity contribution in [1.29, 1.82) is 0 Å². The normalized spacial score (nSPS) is 18.9. The molecule has 2 rings (SSSR count). The maximum Gasteiger partial charge on any atom is 0.401 e. The number of halogens is 4. The molecule has 0 amide bonds. The van der Waals surface area contributed by atoms with E-state index in [-0.39, 0.29) is 0 Å². The highest BCUT2D eigenvalue weighted by atomic mass is 79.9. The summed E-state index contributed by atoms with van der Waals surface area (Å²) in [5, 5.41) is 3.42. The zero-order chi connectivity index (χ0) is 13.9. The van der Waals surface area contributed by atoms with Crippen molar-refractivity contribution in [1.82, 2.24) is 10.2 Å². The van der Waals surface area contributed by atoms with E-state index in [0.717, 1.165) is 23.2 Å². The van der Waals surface area contributed by atoms with Crippen LogP contribution in [0.15, 0.2) is 15.9 Å². The summed E-state index contributed by atoms with van der Waals surface area (Å²) < 4.78 is 37.8. The highest BCUT2D eigenvalue weighted by molar-refractivity contribution is 9.11. The Hall–Kier alpha value is -0.110. The van der Waals surface area contributed by atoms with Crippen LogP contribution in [0.3, 0.4) is 0 Å². The summed E-state index contributed by atoms with van der Waals surface area (Å²) in [6.45, 7) is 1.05. The lowest BCUT2D eigenvalue weighted by molar-refractivity contribution is -0.148. The van der Waals surface area contributed by atoms with Gasteiger partial charge in [-0.1, -0.05) is 0 Å². The van der Waals surface area contributed by atoms with Gasteiger partial charge in [0.1, 0.15) is 0 Å². The maximum absolute atomic E-state index is 12.2. The first-order chi connectivity index (χ1) is 8.92. The number of hydrogen-bond acceptors (Lipinski definition) is 3. The monoisotopic (exact) mass is 356 g/mol. The third-order valence-corrected chi connectivity index (χ3v) is 4.81. The van der Waals surface area contributed by atoms with Crippen molar-refractivity contribution in [2.24, 2.45) is 0 Å². The molecule has 1 fully saturated rings. The van der Waals surface area contributed by atoms with Crippen molar-refractivity contribution in [3.05, 3.63) is 20.8 Å². The molecule has 0 bridgehead atoms. The van der Waals surface area contributed by atoms with E-state index in [1.54, 1.807) is 11.3 Å². The fourth-order valence-corrected chi connectivity index (χ4v) is 3.67. The lowest BCUT2D eigenvalue weighted by Gasteiger charge is -2.32. The Balaban J connectivity index is 1.69. The van der Waals surface area contributed by atoms with Crippen LogP contribution in [0.25, 0.3) is 0 Å². The van der Waals surface area contributed by atoms with Gasteiger partial charge in [-0.05, 0) is 54.0 Å². The highest BCUT2D eigenvalue weighted by Gasteiger charge is 2.32. The Labute approximate surface area is 123 Å². The van der Waals surface area contributed by atoms with Crippen LogP contribution in [0.4, 0.5) is 13.2 Å². The van der Waals surface area contributed by atoms with Gasteiger partial charge in [0.05, 0.1) is 10.3 Å². The van der Waals surface area contributed by atoms with E-state index in [2.05, 4.69) is 27.3 Å². The number of alkyl halides is 3. The van der Waals surface area contributed by atoms with Gasteiger partial charge in [-0.2, -0.15) is 13.2 Å². The first kappa shape index (κ1) is 15.3. The smallest absolute Gasteiger partial charge is 0.309 e. The Morgan fingerprint density at radius 2 is 2.00 bits per heavy atom. The summed E-state index contributed by atoms with van der Waals surface area (Å²) in [7, 11) is 0. The molecular weight excluding hydrogens is 341 g/mol. The van der Waals surface area contributed by atoms with E-state index >= 15 is 0 Å². The number of nitrogens with zero attached hydrogens (tertiary/aromatic N) is 1. The van der Waals surface area contributed by atoms with Gasteiger partial charge in [-0.3, -0.25) is 4.90 Å². The SMILES string of the molecule is FC(F)(F)CN1CCC(NCc2ccc(Br)s2)CC1. The Bertz CT molecular complexity index is 400. The van der Waals surface area contributed by atoms with Gasteiger partial charge >= 0.3 is 6.18 Å². The molecular formula is C12H16BrF3N2S. The second-order valence-electron chi connectivity index (χ2n) is 4.75. The van der Waals surface area contributed by atoms with E-state index < -0.39 is 12.7 Å². The Kier molecular flexibility index (Phi) is 5.28. The summed E-state index contributed by atoms with van der Waals surface area (Å²) in [5.74, 6) is 0. The van der Waals surface area contributed by atoms with Gasteiger partial charge in [-0.15, -0.1) is 11.3 Å². The molecule has 0 aromatic carbocycles.